The van der Waals surface area contributed by atoms with Crippen LogP contribution in [0.25, 0.3) is 0 Å². The molecule has 20 heavy (non-hydrogen) atoms. The van der Waals surface area contributed by atoms with Crippen molar-refractivity contribution in [2.24, 2.45) is 0 Å². The van der Waals surface area contributed by atoms with Gasteiger partial charge in [0.15, 0.2) is 0 Å². The van der Waals surface area contributed by atoms with Crippen molar-refractivity contribution in [3.05, 3.63) is 0 Å². The molecule has 2 aliphatic heterocycles. The molecular formula is C15H28N2O3. The van der Waals surface area contributed by atoms with Gasteiger partial charge in [-0.3, -0.25) is 9.69 Å². The monoisotopic (exact) mass is 284 g/mol. The SMILES string of the molecule is CCC(O)C1CCCCN1CC(=O)NCC1CCCO1. The molecule has 0 radical (unpaired) electrons. The molecule has 0 aromatic carbocycles. The smallest absolute Gasteiger partial charge is 0.234 e. The number of aliphatic hydroxyl groups excluding tert-OH is 1. The average molecular weight is 284 g/mol. The quantitative estimate of drug-likeness (QED) is 0.761. The largest absolute Gasteiger partial charge is 0.392 e. The van der Waals surface area contributed by atoms with E-state index in [1.54, 1.807) is 0 Å². The molecule has 2 fully saturated rings. The fraction of sp³-hybridized carbons (Fsp3) is 0.933. The molecule has 3 unspecified atom stereocenters. The van der Waals surface area contributed by atoms with Gasteiger partial charge < -0.3 is 15.2 Å². The molecule has 2 aliphatic rings. The first-order chi connectivity index (χ1) is 9.70. The molecule has 3 atom stereocenters. The zero-order valence-electron chi connectivity index (χ0n) is 12.5. The zero-order valence-corrected chi connectivity index (χ0v) is 12.5. The number of carbonyl (C=O) groups excluding carboxylic acids is 1. The third-order valence-electron chi connectivity index (χ3n) is 4.42. The van der Waals surface area contributed by atoms with Crippen LogP contribution >= 0.6 is 0 Å². The Hall–Kier alpha value is -0.650. The Morgan fingerprint density at radius 3 is 2.95 bits per heavy atom. The second kappa shape index (κ2) is 7.96. The minimum absolute atomic E-state index is 0.0516. The minimum atomic E-state index is -0.318. The summed E-state index contributed by atoms with van der Waals surface area (Å²) in [6.07, 6.45) is 6.02. The average Bonchev–Trinajstić information content (AvgIpc) is 2.98. The van der Waals surface area contributed by atoms with Crippen LogP contribution in [0.4, 0.5) is 0 Å². The summed E-state index contributed by atoms with van der Waals surface area (Å²) in [7, 11) is 0. The molecule has 2 N–H and O–H groups in total. The molecule has 2 heterocycles. The lowest BCUT2D eigenvalue weighted by Crippen LogP contribution is -2.50. The molecule has 116 valence electrons. The third-order valence-corrected chi connectivity index (χ3v) is 4.42. The number of hydrogen-bond acceptors (Lipinski definition) is 4. The fourth-order valence-corrected chi connectivity index (χ4v) is 3.19. The van der Waals surface area contributed by atoms with Gasteiger partial charge in [-0.05, 0) is 38.6 Å². The minimum Gasteiger partial charge on any atom is -0.392 e. The van der Waals surface area contributed by atoms with Gasteiger partial charge in [0.2, 0.25) is 5.91 Å². The Kier molecular flexibility index (Phi) is 6.26. The summed E-state index contributed by atoms with van der Waals surface area (Å²) >= 11 is 0. The topological polar surface area (TPSA) is 61.8 Å². The van der Waals surface area contributed by atoms with Crippen molar-refractivity contribution in [2.75, 3.05) is 26.2 Å². The van der Waals surface area contributed by atoms with Crippen molar-refractivity contribution in [1.82, 2.24) is 10.2 Å². The van der Waals surface area contributed by atoms with Gasteiger partial charge >= 0.3 is 0 Å². The van der Waals surface area contributed by atoms with E-state index in [4.69, 9.17) is 4.74 Å². The van der Waals surface area contributed by atoms with E-state index in [1.807, 2.05) is 6.92 Å². The van der Waals surface area contributed by atoms with Gasteiger partial charge in [0.1, 0.15) is 0 Å². The Morgan fingerprint density at radius 2 is 2.25 bits per heavy atom. The number of piperidine rings is 1. The molecule has 0 bridgehead atoms. The van der Waals surface area contributed by atoms with Crippen molar-refractivity contribution in [1.29, 1.82) is 0 Å². The maximum atomic E-state index is 12.0. The van der Waals surface area contributed by atoms with Gasteiger partial charge in [0, 0.05) is 19.2 Å². The molecule has 1 amide bonds. The van der Waals surface area contributed by atoms with E-state index in [9.17, 15) is 9.90 Å². The molecule has 2 saturated heterocycles. The highest BCUT2D eigenvalue weighted by Gasteiger charge is 2.29. The molecule has 0 aromatic heterocycles. The van der Waals surface area contributed by atoms with Crippen LogP contribution < -0.4 is 5.32 Å². The van der Waals surface area contributed by atoms with Crippen LogP contribution in [0.5, 0.6) is 0 Å². The number of nitrogens with one attached hydrogen (secondary N) is 1. The van der Waals surface area contributed by atoms with Gasteiger partial charge in [-0.15, -0.1) is 0 Å². The van der Waals surface area contributed by atoms with E-state index in [-0.39, 0.29) is 24.2 Å². The normalized spacial score (nSPS) is 29.3. The number of likely N-dealkylation sites (tertiary alicyclic amines) is 1. The van der Waals surface area contributed by atoms with Crippen LogP contribution in [0.1, 0.15) is 45.4 Å². The lowest BCUT2D eigenvalue weighted by atomic mass is 9.96. The van der Waals surface area contributed by atoms with Crippen LogP contribution in [0.3, 0.4) is 0 Å². The van der Waals surface area contributed by atoms with Crippen LogP contribution in [0.15, 0.2) is 0 Å². The van der Waals surface area contributed by atoms with Crippen LogP contribution in [-0.4, -0.2) is 60.4 Å². The van der Waals surface area contributed by atoms with Gasteiger partial charge in [-0.2, -0.15) is 0 Å². The number of rotatable bonds is 6. The van der Waals surface area contributed by atoms with Gasteiger partial charge in [0.25, 0.3) is 0 Å². The first-order valence-electron chi connectivity index (χ1n) is 8.01. The van der Waals surface area contributed by atoms with Gasteiger partial charge in [-0.25, -0.2) is 0 Å². The maximum absolute atomic E-state index is 12.0. The maximum Gasteiger partial charge on any atom is 0.234 e. The molecule has 0 aromatic rings. The van der Waals surface area contributed by atoms with E-state index < -0.39 is 0 Å². The molecule has 0 aliphatic carbocycles. The molecule has 0 spiro atoms. The van der Waals surface area contributed by atoms with E-state index >= 15 is 0 Å². The van der Waals surface area contributed by atoms with Crippen molar-refractivity contribution in [2.45, 2.75) is 63.7 Å². The fourth-order valence-electron chi connectivity index (χ4n) is 3.19. The molecule has 5 nitrogen and oxygen atoms in total. The Balaban J connectivity index is 1.75. The molecule has 2 rings (SSSR count). The second-order valence-corrected chi connectivity index (χ2v) is 5.95. The summed E-state index contributed by atoms with van der Waals surface area (Å²) in [5.41, 5.74) is 0. The summed E-state index contributed by atoms with van der Waals surface area (Å²) < 4.78 is 5.50. The van der Waals surface area contributed by atoms with Crippen LogP contribution in [0, 0.1) is 0 Å². The van der Waals surface area contributed by atoms with E-state index in [0.29, 0.717) is 13.1 Å². The van der Waals surface area contributed by atoms with Crippen molar-refractivity contribution < 1.29 is 14.6 Å². The summed E-state index contributed by atoms with van der Waals surface area (Å²) in [5.74, 6) is 0.0516. The lowest BCUT2D eigenvalue weighted by Gasteiger charge is -2.37. The number of hydrogen-bond donors (Lipinski definition) is 2. The predicted molar refractivity (Wildman–Crippen MR) is 77.5 cm³/mol. The summed E-state index contributed by atoms with van der Waals surface area (Å²) in [6.45, 7) is 4.74. The van der Waals surface area contributed by atoms with Gasteiger partial charge in [0.05, 0.1) is 18.8 Å². The van der Waals surface area contributed by atoms with E-state index in [2.05, 4.69) is 10.2 Å². The Morgan fingerprint density at radius 1 is 1.40 bits per heavy atom. The second-order valence-electron chi connectivity index (χ2n) is 5.95. The highest BCUT2D eigenvalue weighted by Crippen LogP contribution is 2.20. The first-order valence-corrected chi connectivity index (χ1v) is 8.01. The zero-order chi connectivity index (χ0) is 14.4. The number of nitrogens with zero attached hydrogens (tertiary/aromatic N) is 1. The number of ether oxygens (including phenoxy) is 1. The lowest BCUT2D eigenvalue weighted by molar-refractivity contribution is -0.124. The highest BCUT2D eigenvalue weighted by molar-refractivity contribution is 5.78. The Bertz CT molecular complexity index is 305. The number of amides is 1. The van der Waals surface area contributed by atoms with Crippen LogP contribution in [0.2, 0.25) is 0 Å². The van der Waals surface area contributed by atoms with Crippen molar-refractivity contribution in [3.63, 3.8) is 0 Å². The van der Waals surface area contributed by atoms with Crippen molar-refractivity contribution in [3.8, 4) is 0 Å². The number of aliphatic hydroxyl groups is 1. The summed E-state index contributed by atoms with van der Waals surface area (Å²) in [6, 6.07) is 0.141. The molecule has 0 saturated carbocycles. The Labute approximate surface area is 121 Å². The first kappa shape index (κ1) is 15.7. The molecule has 5 heteroatoms. The van der Waals surface area contributed by atoms with Gasteiger partial charge in [-0.1, -0.05) is 13.3 Å². The van der Waals surface area contributed by atoms with E-state index in [1.165, 1.54) is 0 Å². The third kappa shape index (κ3) is 4.43. The van der Waals surface area contributed by atoms with Crippen LogP contribution in [-0.2, 0) is 9.53 Å². The summed E-state index contributed by atoms with van der Waals surface area (Å²) in [4.78, 5) is 14.2. The summed E-state index contributed by atoms with van der Waals surface area (Å²) in [5, 5.41) is 13.0. The van der Waals surface area contributed by atoms with E-state index in [0.717, 1.165) is 51.7 Å². The highest BCUT2D eigenvalue weighted by atomic mass is 16.5. The number of carbonyl (C=O) groups is 1. The predicted octanol–water partition coefficient (Wildman–Crippen LogP) is 0.907. The standard InChI is InChI=1S/C15H28N2O3/c1-2-14(18)13-7-3-4-8-17(13)11-15(19)16-10-12-6-5-9-20-12/h12-14,18H,2-11H2,1H3,(H,16,19). The van der Waals surface area contributed by atoms with Crippen molar-refractivity contribution >= 4 is 5.91 Å². The molecular weight excluding hydrogens is 256 g/mol.